The average Bonchev–Trinajstić information content (AvgIpc) is 2.46. The lowest BCUT2D eigenvalue weighted by atomic mass is 10.2. The first-order valence-corrected chi connectivity index (χ1v) is 6.28. The van der Waals surface area contributed by atoms with Crippen LogP contribution in [0.1, 0.15) is 11.1 Å². The minimum Gasteiger partial charge on any atom is -0.306 e. The predicted octanol–water partition coefficient (Wildman–Crippen LogP) is 3.37. The van der Waals surface area contributed by atoms with Gasteiger partial charge in [-0.2, -0.15) is 5.10 Å². The van der Waals surface area contributed by atoms with E-state index in [0.717, 1.165) is 5.56 Å². The molecule has 0 aliphatic heterocycles. The lowest BCUT2D eigenvalue weighted by Crippen LogP contribution is -2.05. The summed E-state index contributed by atoms with van der Waals surface area (Å²) in [5.41, 5.74) is 4.35. The van der Waals surface area contributed by atoms with E-state index in [2.05, 4.69) is 10.5 Å². The van der Waals surface area contributed by atoms with Gasteiger partial charge in [0.25, 0.3) is 5.69 Å². The lowest BCUT2D eigenvalue weighted by Gasteiger charge is -2.01. The number of nitro groups is 1. The molecule has 0 spiro atoms. The molecule has 0 aliphatic rings. The summed E-state index contributed by atoms with van der Waals surface area (Å²) in [5.74, 6) is 0. The molecule has 0 radical (unpaired) electrons. The summed E-state index contributed by atoms with van der Waals surface area (Å²) < 4.78 is 0. The largest absolute Gasteiger partial charge is 0.306 e. The van der Waals surface area contributed by atoms with Crippen LogP contribution in [0.3, 0.4) is 0 Å². The van der Waals surface area contributed by atoms with E-state index < -0.39 is 4.92 Å². The van der Waals surface area contributed by atoms with Crippen molar-refractivity contribution in [2.75, 3.05) is 0 Å². The van der Waals surface area contributed by atoms with E-state index in [0.29, 0.717) is 17.1 Å². The van der Waals surface area contributed by atoms with E-state index in [1.807, 2.05) is 12.1 Å². The molecule has 6 heteroatoms. The standard InChI is InChI=1S/C14H12ClN3O2/c15-13-7-5-11(6-8-13)9-16-17-10-12-3-1-2-4-14(12)18(19)20/h1-8,10,16H,9H2/b17-10-. The molecule has 0 aliphatic carbocycles. The monoisotopic (exact) mass is 289 g/mol. The zero-order valence-electron chi connectivity index (χ0n) is 10.5. The Balaban J connectivity index is 1.97. The van der Waals surface area contributed by atoms with Crippen LogP contribution in [-0.2, 0) is 6.54 Å². The van der Waals surface area contributed by atoms with Crippen molar-refractivity contribution in [2.24, 2.45) is 5.10 Å². The number of hydrazone groups is 1. The molecular weight excluding hydrogens is 278 g/mol. The van der Waals surface area contributed by atoms with Crippen molar-refractivity contribution in [2.45, 2.75) is 6.54 Å². The molecule has 0 saturated heterocycles. The highest BCUT2D eigenvalue weighted by Crippen LogP contribution is 2.15. The van der Waals surface area contributed by atoms with Gasteiger partial charge in [-0.25, -0.2) is 0 Å². The van der Waals surface area contributed by atoms with Crippen molar-refractivity contribution in [1.82, 2.24) is 5.43 Å². The van der Waals surface area contributed by atoms with Gasteiger partial charge in [0.2, 0.25) is 0 Å². The number of benzene rings is 2. The fraction of sp³-hybridized carbons (Fsp3) is 0.0714. The molecule has 20 heavy (non-hydrogen) atoms. The number of hydrogen-bond donors (Lipinski definition) is 1. The van der Waals surface area contributed by atoms with Crippen LogP contribution in [0.2, 0.25) is 5.02 Å². The van der Waals surface area contributed by atoms with Crippen molar-refractivity contribution in [3.63, 3.8) is 0 Å². The van der Waals surface area contributed by atoms with E-state index in [9.17, 15) is 10.1 Å². The molecule has 0 saturated carbocycles. The molecule has 0 aromatic heterocycles. The third-order valence-corrected chi connectivity index (χ3v) is 2.88. The average molecular weight is 290 g/mol. The maximum absolute atomic E-state index is 10.8. The zero-order chi connectivity index (χ0) is 14.4. The van der Waals surface area contributed by atoms with Gasteiger partial charge in [-0.05, 0) is 23.8 Å². The zero-order valence-corrected chi connectivity index (χ0v) is 11.2. The highest BCUT2D eigenvalue weighted by molar-refractivity contribution is 6.30. The quantitative estimate of drug-likeness (QED) is 0.521. The van der Waals surface area contributed by atoms with Gasteiger partial charge in [-0.3, -0.25) is 10.1 Å². The summed E-state index contributed by atoms with van der Waals surface area (Å²) >= 11 is 5.79. The molecule has 102 valence electrons. The van der Waals surface area contributed by atoms with Gasteiger partial charge in [0.05, 0.1) is 23.2 Å². The second kappa shape index (κ2) is 6.68. The molecular formula is C14H12ClN3O2. The number of hydrogen-bond acceptors (Lipinski definition) is 4. The first kappa shape index (κ1) is 14.0. The molecule has 0 bridgehead atoms. The third kappa shape index (κ3) is 3.80. The Bertz CT molecular complexity index is 627. The van der Waals surface area contributed by atoms with Crippen LogP contribution in [0.4, 0.5) is 5.69 Å². The SMILES string of the molecule is O=[N+]([O-])c1ccccc1/C=N\NCc1ccc(Cl)cc1. The molecule has 2 rings (SSSR count). The molecule has 2 aromatic carbocycles. The van der Waals surface area contributed by atoms with Crippen LogP contribution in [0.5, 0.6) is 0 Å². The Labute approximate surface area is 121 Å². The summed E-state index contributed by atoms with van der Waals surface area (Å²) in [5, 5.41) is 15.5. The van der Waals surface area contributed by atoms with Crippen LogP contribution in [0.25, 0.3) is 0 Å². The van der Waals surface area contributed by atoms with Gasteiger partial charge >= 0.3 is 0 Å². The normalized spacial score (nSPS) is 10.7. The number of para-hydroxylation sites is 1. The van der Waals surface area contributed by atoms with Gasteiger partial charge < -0.3 is 5.43 Å². The van der Waals surface area contributed by atoms with Gasteiger partial charge in [0.1, 0.15) is 0 Å². The van der Waals surface area contributed by atoms with E-state index in [1.165, 1.54) is 12.3 Å². The predicted molar refractivity (Wildman–Crippen MR) is 79.0 cm³/mol. The molecule has 0 fully saturated rings. The van der Waals surface area contributed by atoms with E-state index >= 15 is 0 Å². The molecule has 5 nitrogen and oxygen atoms in total. The Morgan fingerprint density at radius 1 is 1.20 bits per heavy atom. The Hall–Kier alpha value is -2.40. The molecule has 0 unspecified atom stereocenters. The summed E-state index contributed by atoms with van der Waals surface area (Å²) in [4.78, 5) is 10.4. The highest BCUT2D eigenvalue weighted by Gasteiger charge is 2.09. The number of halogens is 1. The van der Waals surface area contributed by atoms with Crippen LogP contribution < -0.4 is 5.43 Å². The molecule has 1 N–H and O–H groups in total. The topological polar surface area (TPSA) is 67.5 Å². The Kier molecular flexibility index (Phi) is 4.68. The second-order valence-electron chi connectivity index (χ2n) is 4.04. The van der Waals surface area contributed by atoms with Crippen LogP contribution in [0, 0.1) is 10.1 Å². The molecule has 0 amide bonds. The van der Waals surface area contributed by atoms with Crippen molar-refractivity contribution < 1.29 is 4.92 Å². The first-order valence-electron chi connectivity index (χ1n) is 5.90. The maximum Gasteiger partial charge on any atom is 0.278 e. The van der Waals surface area contributed by atoms with Gasteiger partial charge in [0.15, 0.2) is 0 Å². The second-order valence-corrected chi connectivity index (χ2v) is 4.47. The van der Waals surface area contributed by atoms with Crippen molar-refractivity contribution in [3.8, 4) is 0 Å². The number of nitro benzene ring substituents is 1. The summed E-state index contributed by atoms with van der Waals surface area (Å²) in [7, 11) is 0. The molecule has 2 aromatic rings. The lowest BCUT2D eigenvalue weighted by molar-refractivity contribution is -0.385. The highest BCUT2D eigenvalue weighted by atomic mass is 35.5. The third-order valence-electron chi connectivity index (χ3n) is 2.62. The number of nitrogens with one attached hydrogen (secondary N) is 1. The number of nitrogens with zero attached hydrogens (tertiary/aromatic N) is 2. The molecule has 0 heterocycles. The van der Waals surface area contributed by atoms with Crippen LogP contribution in [0.15, 0.2) is 53.6 Å². The fourth-order valence-electron chi connectivity index (χ4n) is 1.62. The smallest absolute Gasteiger partial charge is 0.278 e. The Morgan fingerprint density at radius 2 is 1.90 bits per heavy atom. The minimum absolute atomic E-state index is 0.0320. The summed E-state index contributed by atoms with van der Waals surface area (Å²) in [6, 6.07) is 13.8. The number of rotatable bonds is 5. The van der Waals surface area contributed by atoms with E-state index in [4.69, 9.17) is 11.6 Å². The summed E-state index contributed by atoms with van der Waals surface area (Å²) in [6.45, 7) is 0.522. The maximum atomic E-state index is 10.8. The van der Waals surface area contributed by atoms with Crippen LogP contribution in [-0.4, -0.2) is 11.1 Å². The van der Waals surface area contributed by atoms with Crippen molar-refractivity contribution >= 4 is 23.5 Å². The van der Waals surface area contributed by atoms with Gasteiger partial charge in [-0.15, -0.1) is 0 Å². The fourth-order valence-corrected chi connectivity index (χ4v) is 1.74. The van der Waals surface area contributed by atoms with Gasteiger partial charge in [0, 0.05) is 11.1 Å². The van der Waals surface area contributed by atoms with Gasteiger partial charge in [-0.1, -0.05) is 35.9 Å². The first-order chi connectivity index (χ1) is 9.66. The van der Waals surface area contributed by atoms with E-state index in [-0.39, 0.29) is 5.69 Å². The summed E-state index contributed by atoms with van der Waals surface area (Å²) in [6.07, 6.45) is 1.44. The van der Waals surface area contributed by atoms with Crippen LogP contribution >= 0.6 is 11.6 Å². The van der Waals surface area contributed by atoms with Crippen molar-refractivity contribution in [1.29, 1.82) is 0 Å². The van der Waals surface area contributed by atoms with E-state index in [1.54, 1.807) is 30.3 Å². The Morgan fingerprint density at radius 3 is 2.60 bits per heavy atom. The minimum atomic E-state index is -0.430. The molecule has 0 atom stereocenters. The van der Waals surface area contributed by atoms with Crippen molar-refractivity contribution in [3.05, 3.63) is 74.8 Å².